The Morgan fingerprint density at radius 2 is 1.76 bits per heavy atom. The molecule has 6 nitrogen and oxygen atoms in total. The average molecular weight is 289 g/mol. The molecule has 0 radical (unpaired) electrons. The zero-order valence-electron chi connectivity index (χ0n) is 12.3. The molecule has 0 atom stereocenters. The van der Waals surface area contributed by atoms with Crippen LogP contribution in [0.3, 0.4) is 0 Å². The maximum atomic E-state index is 12.0. The van der Waals surface area contributed by atoms with E-state index >= 15 is 0 Å². The van der Waals surface area contributed by atoms with Gasteiger partial charge >= 0.3 is 0 Å². The molecule has 0 saturated carbocycles. The molecule has 0 aliphatic heterocycles. The Labute approximate surface area is 123 Å². The Morgan fingerprint density at radius 1 is 1.14 bits per heavy atom. The number of hydrogen-bond donors (Lipinski definition) is 2. The zero-order valence-corrected chi connectivity index (χ0v) is 12.3. The molecule has 2 N–H and O–H groups in total. The topological polar surface area (TPSA) is 78.5 Å². The van der Waals surface area contributed by atoms with E-state index < -0.39 is 5.91 Å². The number of nitrogens with one attached hydrogen (secondary N) is 2. The van der Waals surface area contributed by atoms with Gasteiger partial charge in [0.2, 0.25) is 11.8 Å². The van der Waals surface area contributed by atoms with Gasteiger partial charge in [0.05, 0.1) is 6.54 Å². The van der Waals surface area contributed by atoms with Crippen LogP contribution in [0, 0.1) is 0 Å². The van der Waals surface area contributed by atoms with Crippen LogP contribution in [-0.2, 0) is 14.4 Å². The van der Waals surface area contributed by atoms with Crippen LogP contribution >= 0.6 is 0 Å². The summed E-state index contributed by atoms with van der Waals surface area (Å²) in [5.74, 6) is -1.10. The Morgan fingerprint density at radius 3 is 2.29 bits per heavy atom. The summed E-state index contributed by atoms with van der Waals surface area (Å²) in [7, 11) is 3.20. The summed E-state index contributed by atoms with van der Waals surface area (Å²) < 4.78 is 0. The van der Waals surface area contributed by atoms with Crippen molar-refractivity contribution in [2.45, 2.75) is 6.92 Å². The van der Waals surface area contributed by atoms with E-state index in [9.17, 15) is 14.4 Å². The molecule has 0 heterocycles. The van der Waals surface area contributed by atoms with E-state index in [1.54, 1.807) is 32.3 Å². The minimum atomic E-state index is -0.510. The van der Waals surface area contributed by atoms with Gasteiger partial charge in [0, 0.05) is 21.0 Å². The number of carbonyl (C=O) groups is 3. The zero-order chi connectivity index (χ0) is 15.8. The minimum absolute atomic E-state index is 0.0975. The van der Waals surface area contributed by atoms with E-state index in [1.165, 1.54) is 11.8 Å². The van der Waals surface area contributed by atoms with Crippen molar-refractivity contribution in [3.8, 4) is 0 Å². The van der Waals surface area contributed by atoms with E-state index in [4.69, 9.17) is 0 Å². The standard InChI is InChI=1S/C15H19N3O3/c1-11(19)17-13(9-12-7-5-4-6-8-12)15(21)16-10-14(20)18(2)3/h4-9H,10H2,1-3H3,(H,16,21)(H,17,19)/b13-9-. The first-order valence-corrected chi connectivity index (χ1v) is 6.43. The largest absolute Gasteiger partial charge is 0.347 e. The molecule has 1 rings (SSSR count). The third kappa shape index (κ3) is 5.90. The van der Waals surface area contributed by atoms with E-state index in [-0.39, 0.29) is 24.1 Å². The molecule has 6 heteroatoms. The fourth-order valence-corrected chi connectivity index (χ4v) is 1.47. The van der Waals surface area contributed by atoms with Gasteiger partial charge in [0.1, 0.15) is 5.70 Å². The lowest BCUT2D eigenvalue weighted by Crippen LogP contribution is -2.39. The number of hydrogen-bond acceptors (Lipinski definition) is 3. The van der Waals surface area contributed by atoms with Gasteiger partial charge in [-0.1, -0.05) is 30.3 Å². The number of likely N-dealkylation sites (N-methyl/N-ethyl adjacent to an activating group) is 1. The molecule has 0 unspecified atom stereocenters. The third-order valence-corrected chi connectivity index (χ3v) is 2.56. The number of carbonyl (C=O) groups excluding carboxylic acids is 3. The van der Waals surface area contributed by atoms with Crippen molar-refractivity contribution in [1.29, 1.82) is 0 Å². The molecule has 0 aromatic heterocycles. The van der Waals surface area contributed by atoms with Gasteiger partial charge in [-0.25, -0.2) is 0 Å². The van der Waals surface area contributed by atoms with Crippen molar-refractivity contribution in [3.05, 3.63) is 41.6 Å². The van der Waals surface area contributed by atoms with Crippen LogP contribution in [0.1, 0.15) is 12.5 Å². The molecule has 0 spiro atoms. The maximum Gasteiger partial charge on any atom is 0.268 e. The number of amides is 3. The van der Waals surface area contributed by atoms with Crippen LogP contribution < -0.4 is 10.6 Å². The summed E-state index contributed by atoms with van der Waals surface area (Å²) in [4.78, 5) is 36.1. The molecular formula is C15H19N3O3. The highest BCUT2D eigenvalue weighted by molar-refractivity contribution is 6.02. The van der Waals surface area contributed by atoms with E-state index in [0.717, 1.165) is 5.56 Å². The Balaban J connectivity index is 2.83. The molecular weight excluding hydrogens is 270 g/mol. The van der Waals surface area contributed by atoms with E-state index in [0.29, 0.717) is 0 Å². The molecule has 21 heavy (non-hydrogen) atoms. The maximum absolute atomic E-state index is 12.0. The molecule has 112 valence electrons. The fourth-order valence-electron chi connectivity index (χ4n) is 1.47. The van der Waals surface area contributed by atoms with Gasteiger partial charge in [-0.3, -0.25) is 14.4 Å². The Kier molecular flexibility index (Phi) is 6.13. The first kappa shape index (κ1) is 16.4. The van der Waals surface area contributed by atoms with Crippen LogP contribution in [0.2, 0.25) is 0 Å². The highest BCUT2D eigenvalue weighted by Gasteiger charge is 2.13. The second-order valence-electron chi connectivity index (χ2n) is 4.62. The van der Waals surface area contributed by atoms with Crippen LogP contribution in [0.4, 0.5) is 0 Å². The van der Waals surface area contributed by atoms with Crippen molar-refractivity contribution in [3.63, 3.8) is 0 Å². The summed E-state index contributed by atoms with van der Waals surface area (Å²) in [5.41, 5.74) is 0.871. The summed E-state index contributed by atoms with van der Waals surface area (Å²) in [6.45, 7) is 1.19. The lowest BCUT2D eigenvalue weighted by atomic mass is 10.2. The van der Waals surface area contributed by atoms with Crippen molar-refractivity contribution in [2.24, 2.45) is 0 Å². The molecule has 0 fully saturated rings. The Bertz CT molecular complexity index is 551. The van der Waals surface area contributed by atoms with Gasteiger partial charge in [0.15, 0.2) is 0 Å². The first-order valence-electron chi connectivity index (χ1n) is 6.43. The van der Waals surface area contributed by atoms with E-state index in [2.05, 4.69) is 10.6 Å². The van der Waals surface area contributed by atoms with Crippen LogP contribution in [0.15, 0.2) is 36.0 Å². The summed E-state index contributed by atoms with van der Waals surface area (Å²) >= 11 is 0. The Hall–Kier alpha value is -2.63. The number of benzene rings is 1. The SMILES string of the molecule is CC(=O)N/C(=C\c1ccccc1)C(=O)NCC(=O)N(C)C. The minimum Gasteiger partial charge on any atom is -0.347 e. The van der Waals surface area contributed by atoms with Crippen molar-refractivity contribution in [1.82, 2.24) is 15.5 Å². The van der Waals surface area contributed by atoms with Crippen LogP contribution in [-0.4, -0.2) is 43.3 Å². The number of rotatable bonds is 5. The quantitative estimate of drug-likeness (QED) is 0.769. The van der Waals surface area contributed by atoms with Crippen molar-refractivity contribution >= 4 is 23.8 Å². The predicted molar refractivity (Wildman–Crippen MR) is 79.9 cm³/mol. The molecule has 0 saturated heterocycles. The van der Waals surface area contributed by atoms with Gasteiger partial charge in [0.25, 0.3) is 5.91 Å². The molecule has 3 amide bonds. The van der Waals surface area contributed by atoms with Crippen LogP contribution in [0.25, 0.3) is 6.08 Å². The summed E-state index contributed by atoms with van der Waals surface area (Å²) in [6, 6.07) is 9.11. The highest BCUT2D eigenvalue weighted by atomic mass is 16.2. The fraction of sp³-hybridized carbons (Fsp3) is 0.267. The van der Waals surface area contributed by atoms with Gasteiger partial charge in [-0.2, -0.15) is 0 Å². The van der Waals surface area contributed by atoms with Crippen LogP contribution in [0.5, 0.6) is 0 Å². The van der Waals surface area contributed by atoms with E-state index in [1.807, 2.05) is 18.2 Å². The lowest BCUT2D eigenvalue weighted by Gasteiger charge is -2.12. The second-order valence-corrected chi connectivity index (χ2v) is 4.62. The van der Waals surface area contributed by atoms with Gasteiger partial charge < -0.3 is 15.5 Å². The molecule has 0 aliphatic carbocycles. The molecule has 0 bridgehead atoms. The van der Waals surface area contributed by atoms with Crippen molar-refractivity contribution < 1.29 is 14.4 Å². The molecule has 0 aliphatic rings. The third-order valence-electron chi connectivity index (χ3n) is 2.56. The first-order chi connectivity index (χ1) is 9.90. The molecule has 1 aromatic rings. The lowest BCUT2D eigenvalue weighted by molar-refractivity contribution is -0.130. The molecule has 1 aromatic carbocycles. The summed E-state index contributed by atoms with van der Waals surface area (Å²) in [5, 5.41) is 4.94. The average Bonchev–Trinajstić information content (AvgIpc) is 2.44. The predicted octanol–water partition coefficient (Wildman–Crippen LogP) is 0.368. The monoisotopic (exact) mass is 289 g/mol. The van der Waals surface area contributed by atoms with Gasteiger partial charge in [-0.05, 0) is 11.6 Å². The summed E-state index contributed by atoms with van der Waals surface area (Å²) in [6.07, 6.45) is 1.55. The smallest absolute Gasteiger partial charge is 0.268 e. The van der Waals surface area contributed by atoms with Crippen molar-refractivity contribution in [2.75, 3.05) is 20.6 Å². The normalized spacial score (nSPS) is 10.7. The second kappa shape index (κ2) is 7.84. The number of nitrogens with zero attached hydrogens (tertiary/aromatic N) is 1. The highest BCUT2D eigenvalue weighted by Crippen LogP contribution is 2.05. The van der Waals surface area contributed by atoms with Gasteiger partial charge in [-0.15, -0.1) is 0 Å².